The minimum absolute atomic E-state index is 0.0737. The molecular weight excluding hydrogens is 342 g/mol. The Morgan fingerprint density at radius 2 is 2.08 bits per heavy atom. The smallest absolute Gasteiger partial charge is 0.240 e. The molecule has 0 radical (unpaired) electrons. The van der Waals surface area contributed by atoms with Gasteiger partial charge in [0.05, 0.1) is 11.5 Å². The fourth-order valence-corrected chi connectivity index (χ4v) is 3.74. The predicted octanol–water partition coefficient (Wildman–Crippen LogP) is 0.870. The zero-order chi connectivity index (χ0) is 18.1. The van der Waals surface area contributed by atoms with Gasteiger partial charge in [-0.25, -0.2) is 13.1 Å². The van der Waals surface area contributed by atoms with E-state index in [1.165, 1.54) is 12.1 Å². The van der Waals surface area contributed by atoms with Crippen LogP contribution in [0, 0.1) is 5.92 Å². The van der Waals surface area contributed by atoms with Gasteiger partial charge < -0.3 is 15.4 Å². The normalized spacial score (nSPS) is 17.9. The van der Waals surface area contributed by atoms with Crippen LogP contribution in [0.5, 0.6) is 5.75 Å². The number of rotatable bonds is 9. The lowest BCUT2D eigenvalue weighted by molar-refractivity contribution is -0.121. The second-order valence-corrected chi connectivity index (χ2v) is 7.84. The van der Waals surface area contributed by atoms with Crippen molar-refractivity contribution in [3.63, 3.8) is 0 Å². The van der Waals surface area contributed by atoms with Gasteiger partial charge in [-0.2, -0.15) is 0 Å². The predicted molar refractivity (Wildman–Crippen MR) is 96.0 cm³/mol. The van der Waals surface area contributed by atoms with Crippen LogP contribution in [0.15, 0.2) is 29.2 Å². The van der Waals surface area contributed by atoms with E-state index in [2.05, 4.69) is 15.4 Å². The number of hydrogen-bond donors (Lipinski definition) is 3. The fraction of sp³-hybridized carbons (Fsp3) is 0.588. The highest BCUT2D eigenvalue weighted by molar-refractivity contribution is 7.89. The molecule has 25 heavy (non-hydrogen) atoms. The van der Waals surface area contributed by atoms with Crippen LogP contribution in [0.3, 0.4) is 0 Å². The highest BCUT2D eigenvalue weighted by Crippen LogP contribution is 2.15. The molecule has 3 N–H and O–H groups in total. The molecule has 1 saturated heterocycles. The molecule has 1 heterocycles. The van der Waals surface area contributed by atoms with Gasteiger partial charge in [-0.05, 0) is 63.0 Å². The highest BCUT2D eigenvalue weighted by atomic mass is 32.2. The van der Waals surface area contributed by atoms with E-state index in [-0.39, 0.29) is 23.8 Å². The molecule has 1 unspecified atom stereocenters. The van der Waals surface area contributed by atoms with Crippen molar-refractivity contribution in [3.05, 3.63) is 24.3 Å². The van der Waals surface area contributed by atoms with Crippen molar-refractivity contribution in [2.24, 2.45) is 5.92 Å². The van der Waals surface area contributed by atoms with E-state index in [9.17, 15) is 13.2 Å². The van der Waals surface area contributed by atoms with Gasteiger partial charge in [-0.1, -0.05) is 0 Å². The maximum absolute atomic E-state index is 12.2. The number of benzene rings is 1. The Balaban J connectivity index is 1.72. The third-order valence-corrected chi connectivity index (χ3v) is 5.55. The maximum Gasteiger partial charge on any atom is 0.240 e. The van der Waals surface area contributed by atoms with Crippen LogP contribution in [0.2, 0.25) is 0 Å². The number of hydrogen-bond acceptors (Lipinski definition) is 5. The van der Waals surface area contributed by atoms with E-state index >= 15 is 0 Å². The Hall–Kier alpha value is -1.64. The van der Waals surface area contributed by atoms with Gasteiger partial charge >= 0.3 is 0 Å². The Bertz CT molecular complexity index is 640. The van der Waals surface area contributed by atoms with Crippen molar-refractivity contribution in [1.82, 2.24) is 15.4 Å². The molecule has 0 saturated carbocycles. The van der Waals surface area contributed by atoms with Crippen LogP contribution < -0.4 is 20.1 Å². The van der Waals surface area contributed by atoms with Gasteiger partial charge in [-0.3, -0.25) is 4.79 Å². The van der Waals surface area contributed by atoms with Crippen LogP contribution in [0.1, 0.15) is 26.2 Å². The molecule has 1 aromatic carbocycles. The summed E-state index contributed by atoms with van der Waals surface area (Å²) in [5.41, 5.74) is 0. The second-order valence-electron chi connectivity index (χ2n) is 6.07. The lowest BCUT2D eigenvalue weighted by Gasteiger charge is -2.22. The topological polar surface area (TPSA) is 96.5 Å². The van der Waals surface area contributed by atoms with Gasteiger partial charge in [0.15, 0.2) is 0 Å². The van der Waals surface area contributed by atoms with Crippen LogP contribution in [0.4, 0.5) is 0 Å². The first-order valence-corrected chi connectivity index (χ1v) is 10.2. The molecule has 0 aliphatic carbocycles. The average Bonchev–Trinajstić information content (AvgIpc) is 2.61. The molecule has 8 heteroatoms. The van der Waals surface area contributed by atoms with Crippen molar-refractivity contribution in [2.75, 3.05) is 32.8 Å². The lowest BCUT2D eigenvalue weighted by Crippen LogP contribution is -2.39. The molecule has 1 amide bonds. The largest absolute Gasteiger partial charge is 0.494 e. The first kappa shape index (κ1) is 19.7. The lowest BCUT2D eigenvalue weighted by atomic mass is 10.00. The Labute approximate surface area is 149 Å². The molecule has 1 atom stereocenters. The van der Waals surface area contributed by atoms with E-state index in [1.807, 2.05) is 6.92 Å². The molecule has 2 rings (SSSR count). The summed E-state index contributed by atoms with van der Waals surface area (Å²) in [6, 6.07) is 6.21. The second kappa shape index (κ2) is 9.74. The first-order valence-electron chi connectivity index (χ1n) is 8.71. The van der Waals surface area contributed by atoms with Crippen molar-refractivity contribution in [1.29, 1.82) is 0 Å². The third-order valence-electron chi connectivity index (χ3n) is 4.08. The number of ether oxygens (including phenoxy) is 1. The van der Waals surface area contributed by atoms with Crippen molar-refractivity contribution < 1.29 is 17.9 Å². The van der Waals surface area contributed by atoms with Gasteiger partial charge in [-0.15, -0.1) is 0 Å². The number of carbonyl (C=O) groups is 1. The average molecular weight is 369 g/mol. The number of piperidine rings is 1. The molecule has 0 spiro atoms. The fourth-order valence-electron chi connectivity index (χ4n) is 2.71. The minimum Gasteiger partial charge on any atom is -0.494 e. The maximum atomic E-state index is 12.2. The van der Waals surface area contributed by atoms with Gasteiger partial charge in [0.1, 0.15) is 5.75 Å². The van der Waals surface area contributed by atoms with Crippen LogP contribution in [0.25, 0.3) is 0 Å². The molecule has 1 fully saturated rings. The van der Waals surface area contributed by atoms with E-state index in [4.69, 9.17) is 4.74 Å². The number of amides is 1. The molecule has 140 valence electrons. The number of nitrogens with one attached hydrogen (secondary N) is 3. The number of carbonyl (C=O) groups excluding carboxylic acids is 1. The summed E-state index contributed by atoms with van der Waals surface area (Å²) in [4.78, 5) is 12.0. The van der Waals surface area contributed by atoms with E-state index in [1.54, 1.807) is 12.1 Å². The van der Waals surface area contributed by atoms with Crippen LogP contribution in [-0.4, -0.2) is 47.1 Å². The molecule has 1 aromatic rings. The minimum atomic E-state index is -3.62. The Morgan fingerprint density at radius 1 is 1.32 bits per heavy atom. The third kappa shape index (κ3) is 6.64. The molecule has 1 aliphatic heterocycles. The van der Waals surface area contributed by atoms with Crippen LogP contribution in [-0.2, 0) is 14.8 Å². The molecule has 0 bridgehead atoms. The zero-order valence-electron chi connectivity index (χ0n) is 14.6. The summed E-state index contributed by atoms with van der Waals surface area (Å²) in [6.07, 6.45) is 2.36. The van der Waals surface area contributed by atoms with Gasteiger partial charge in [0.2, 0.25) is 15.9 Å². The summed E-state index contributed by atoms with van der Waals surface area (Å²) in [7, 11) is -3.62. The first-order chi connectivity index (χ1) is 12.0. The summed E-state index contributed by atoms with van der Waals surface area (Å²) >= 11 is 0. The summed E-state index contributed by atoms with van der Waals surface area (Å²) in [6.45, 7) is 5.06. The summed E-state index contributed by atoms with van der Waals surface area (Å²) in [5, 5.41) is 6.17. The molecule has 1 aliphatic rings. The Morgan fingerprint density at radius 3 is 2.72 bits per heavy atom. The molecule has 0 aromatic heterocycles. The van der Waals surface area contributed by atoms with Crippen LogP contribution >= 0.6 is 0 Å². The van der Waals surface area contributed by atoms with Crippen molar-refractivity contribution in [3.8, 4) is 5.75 Å². The summed E-state index contributed by atoms with van der Waals surface area (Å²) < 4.78 is 32.1. The Kier molecular flexibility index (Phi) is 7.67. The monoisotopic (exact) mass is 369 g/mol. The summed E-state index contributed by atoms with van der Waals surface area (Å²) in [5.74, 6) is 0.941. The number of sulfonamides is 1. The van der Waals surface area contributed by atoms with E-state index < -0.39 is 10.0 Å². The quantitative estimate of drug-likeness (QED) is 0.600. The molecule has 7 nitrogen and oxygen atoms in total. The zero-order valence-corrected chi connectivity index (χ0v) is 15.4. The molecular formula is C17H27N3O4S. The SMILES string of the molecule is CCOc1ccc(S(=O)(=O)NCCC(=O)NCC2CCCNC2)cc1. The van der Waals surface area contributed by atoms with E-state index in [0.717, 1.165) is 25.9 Å². The standard InChI is InChI=1S/C17H27N3O4S/c1-2-24-15-5-7-16(8-6-15)25(22,23)20-11-9-17(21)19-13-14-4-3-10-18-12-14/h5-8,14,18,20H,2-4,9-13H2,1H3,(H,19,21). The van der Waals surface area contributed by atoms with E-state index in [0.29, 0.717) is 24.8 Å². The van der Waals surface area contributed by atoms with Crippen molar-refractivity contribution in [2.45, 2.75) is 31.1 Å². The van der Waals surface area contributed by atoms with Crippen molar-refractivity contribution >= 4 is 15.9 Å². The highest BCUT2D eigenvalue weighted by Gasteiger charge is 2.16. The van der Waals surface area contributed by atoms with Gasteiger partial charge in [0.25, 0.3) is 0 Å². The van der Waals surface area contributed by atoms with Gasteiger partial charge in [0, 0.05) is 19.5 Å².